The summed E-state index contributed by atoms with van der Waals surface area (Å²) in [6.07, 6.45) is 1.38. The molecule has 3 aromatic rings. The fourth-order valence-corrected chi connectivity index (χ4v) is 5.08. The number of likely N-dealkylation sites (tertiary alicyclic amines) is 1. The molecule has 1 aliphatic rings. The highest BCUT2D eigenvalue weighted by molar-refractivity contribution is 7.18. The molecule has 4 nitrogen and oxygen atoms in total. The smallest absolute Gasteiger partial charge is 0.382 e. The van der Waals surface area contributed by atoms with Crippen LogP contribution in [0.2, 0.25) is 0 Å². The highest BCUT2D eigenvalue weighted by atomic mass is 32.1. The molecular formula is C25H24F3N3OS. The van der Waals surface area contributed by atoms with Gasteiger partial charge in [0.15, 0.2) is 0 Å². The number of nitrogens with two attached hydrogens (primary N) is 1. The number of pyridine rings is 1. The van der Waals surface area contributed by atoms with Gasteiger partial charge in [-0.2, -0.15) is 13.2 Å². The van der Waals surface area contributed by atoms with E-state index < -0.39 is 11.7 Å². The van der Waals surface area contributed by atoms with Crippen molar-refractivity contribution in [2.75, 3.05) is 12.3 Å². The minimum atomic E-state index is -4.43. The largest absolute Gasteiger partial charge is 0.416 e. The van der Waals surface area contributed by atoms with Gasteiger partial charge in [0, 0.05) is 22.9 Å². The third-order valence-corrected chi connectivity index (χ3v) is 6.92. The van der Waals surface area contributed by atoms with Crippen LogP contribution in [0.5, 0.6) is 0 Å². The van der Waals surface area contributed by atoms with E-state index in [0.717, 1.165) is 40.5 Å². The Morgan fingerprint density at radius 1 is 1.24 bits per heavy atom. The van der Waals surface area contributed by atoms with Gasteiger partial charge in [-0.3, -0.25) is 4.79 Å². The van der Waals surface area contributed by atoms with Crippen molar-refractivity contribution in [3.8, 4) is 0 Å². The summed E-state index contributed by atoms with van der Waals surface area (Å²) in [4.78, 5) is 19.6. The summed E-state index contributed by atoms with van der Waals surface area (Å²) in [5.74, 6) is 0.295. The van der Waals surface area contributed by atoms with E-state index in [0.29, 0.717) is 35.4 Å². The first kappa shape index (κ1) is 23.0. The third-order valence-electron chi connectivity index (χ3n) is 5.98. The van der Waals surface area contributed by atoms with Crippen molar-refractivity contribution in [1.29, 1.82) is 0 Å². The number of piperidine rings is 1. The summed E-state index contributed by atoms with van der Waals surface area (Å²) < 4.78 is 40.0. The molecule has 1 aliphatic heterocycles. The van der Waals surface area contributed by atoms with E-state index in [1.807, 2.05) is 17.5 Å². The Kier molecular flexibility index (Phi) is 6.30. The van der Waals surface area contributed by atoms with Crippen LogP contribution in [0.4, 0.5) is 19.0 Å². The van der Waals surface area contributed by atoms with Gasteiger partial charge >= 0.3 is 6.18 Å². The molecule has 33 heavy (non-hydrogen) atoms. The molecule has 1 atom stereocenters. The number of amides is 1. The van der Waals surface area contributed by atoms with Crippen LogP contribution in [0.3, 0.4) is 0 Å². The van der Waals surface area contributed by atoms with Crippen LogP contribution >= 0.6 is 11.3 Å². The van der Waals surface area contributed by atoms with Gasteiger partial charge in [-0.25, -0.2) is 4.98 Å². The third kappa shape index (κ3) is 4.53. The zero-order valence-corrected chi connectivity index (χ0v) is 19.0. The van der Waals surface area contributed by atoms with Crippen LogP contribution in [0.15, 0.2) is 65.6 Å². The topological polar surface area (TPSA) is 59.2 Å². The van der Waals surface area contributed by atoms with Crippen LogP contribution in [0.1, 0.15) is 36.5 Å². The average molecular weight is 472 g/mol. The van der Waals surface area contributed by atoms with Crippen LogP contribution in [-0.2, 0) is 0 Å². The Bertz CT molecular complexity index is 1290. The quantitative estimate of drug-likeness (QED) is 0.434. The van der Waals surface area contributed by atoms with Gasteiger partial charge in [-0.15, -0.1) is 11.3 Å². The van der Waals surface area contributed by atoms with E-state index in [1.54, 1.807) is 17.0 Å². The number of thiophene rings is 1. The molecule has 2 aromatic heterocycles. The SMILES string of the molecule is C=C(/C=C\C(=C/C)C(F)(F)F)[C@@H]1CCCCN1C(=O)c1ccc2nc(N)c3sccc3c2c1. The van der Waals surface area contributed by atoms with Gasteiger partial charge in [-0.05, 0) is 61.4 Å². The van der Waals surface area contributed by atoms with E-state index in [9.17, 15) is 18.0 Å². The number of nitrogen functional groups attached to an aromatic ring is 1. The predicted octanol–water partition coefficient (Wildman–Crippen LogP) is 6.65. The normalized spacial score (nSPS) is 17.9. The number of alkyl halides is 3. The lowest BCUT2D eigenvalue weighted by atomic mass is 9.94. The molecule has 1 saturated heterocycles. The number of allylic oxidation sites excluding steroid dienone is 3. The van der Waals surface area contributed by atoms with Gasteiger partial charge in [0.2, 0.25) is 0 Å². The number of hydrogen-bond donors (Lipinski definition) is 1. The number of rotatable bonds is 4. The maximum atomic E-state index is 13.5. The maximum Gasteiger partial charge on any atom is 0.416 e. The monoisotopic (exact) mass is 471 g/mol. The number of nitrogens with zero attached hydrogens (tertiary/aromatic N) is 2. The fraction of sp³-hybridized carbons (Fsp3) is 0.280. The number of hydrogen-bond acceptors (Lipinski definition) is 4. The summed E-state index contributed by atoms with van der Waals surface area (Å²) >= 11 is 1.50. The van der Waals surface area contributed by atoms with Crippen molar-refractivity contribution in [2.24, 2.45) is 0 Å². The van der Waals surface area contributed by atoms with Gasteiger partial charge in [0.05, 0.1) is 21.8 Å². The average Bonchev–Trinajstić information content (AvgIpc) is 3.29. The lowest BCUT2D eigenvalue weighted by molar-refractivity contribution is -0.0883. The fourth-order valence-electron chi connectivity index (χ4n) is 4.27. The number of carbonyl (C=O) groups excluding carboxylic acids is 1. The lowest BCUT2D eigenvalue weighted by Gasteiger charge is -2.36. The van der Waals surface area contributed by atoms with Crippen LogP contribution in [-0.4, -0.2) is 34.6 Å². The molecule has 172 valence electrons. The van der Waals surface area contributed by atoms with Crippen molar-refractivity contribution in [2.45, 2.75) is 38.4 Å². The van der Waals surface area contributed by atoms with Crippen LogP contribution in [0, 0.1) is 0 Å². The molecule has 8 heteroatoms. The second-order valence-electron chi connectivity index (χ2n) is 8.05. The number of aromatic nitrogens is 1. The van der Waals surface area contributed by atoms with Crippen molar-refractivity contribution in [3.05, 3.63) is 71.2 Å². The summed E-state index contributed by atoms with van der Waals surface area (Å²) in [5.41, 5.74) is 7.02. The van der Waals surface area contributed by atoms with E-state index in [2.05, 4.69) is 11.6 Å². The summed E-state index contributed by atoms with van der Waals surface area (Å²) in [5, 5.41) is 3.74. The predicted molar refractivity (Wildman–Crippen MR) is 128 cm³/mol. The molecule has 0 bridgehead atoms. The minimum absolute atomic E-state index is 0.168. The zero-order chi connectivity index (χ0) is 23.8. The Balaban J connectivity index is 1.64. The Morgan fingerprint density at radius 2 is 2.03 bits per heavy atom. The van der Waals surface area contributed by atoms with Crippen LogP contribution in [0.25, 0.3) is 21.0 Å². The Morgan fingerprint density at radius 3 is 2.76 bits per heavy atom. The van der Waals surface area contributed by atoms with Gasteiger partial charge < -0.3 is 10.6 Å². The minimum Gasteiger partial charge on any atom is -0.382 e. The molecule has 1 amide bonds. The van der Waals surface area contributed by atoms with E-state index >= 15 is 0 Å². The number of carbonyl (C=O) groups is 1. The molecule has 0 aliphatic carbocycles. The van der Waals surface area contributed by atoms with Crippen LogP contribution < -0.4 is 5.73 Å². The molecule has 3 heterocycles. The number of benzene rings is 1. The highest BCUT2D eigenvalue weighted by Crippen LogP contribution is 2.33. The molecule has 0 spiro atoms. The van der Waals surface area contributed by atoms with Crippen molar-refractivity contribution >= 4 is 44.1 Å². The Hall–Kier alpha value is -3.13. The number of halogens is 3. The van der Waals surface area contributed by atoms with Gasteiger partial charge in [-0.1, -0.05) is 24.8 Å². The molecule has 0 saturated carbocycles. The molecule has 4 rings (SSSR count). The molecule has 0 radical (unpaired) electrons. The summed E-state index contributed by atoms with van der Waals surface area (Å²) in [6.45, 7) is 5.86. The molecule has 1 aromatic carbocycles. The van der Waals surface area contributed by atoms with Crippen molar-refractivity contribution in [1.82, 2.24) is 9.88 Å². The number of anilines is 1. The zero-order valence-electron chi connectivity index (χ0n) is 18.2. The number of fused-ring (bicyclic) bond motifs is 3. The second kappa shape index (κ2) is 9.02. The maximum absolute atomic E-state index is 13.5. The first-order chi connectivity index (χ1) is 15.7. The summed E-state index contributed by atoms with van der Waals surface area (Å²) in [6, 6.07) is 6.94. The highest BCUT2D eigenvalue weighted by Gasteiger charge is 2.32. The van der Waals surface area contributed by atoms with E-state index in [4.69, 9.17) is 5.73 Å². The molecule has 1 fully saturated rings. The van der Waals surface area contributed by atoms with Gasteiger partial charge in [0.1, 0.15) is 5.82 Å². The molecule has 2 N–H and O–H groups in total. The van der Waals surface area contributed by atoms with E-state index in [-0.39, 0.29) is 11.9 Å². The second-order valence-corrected chi connectivity index (χ2v) is 8.97. The first-order valence-corrected chi connectivity index (χ1v) is 11.6. The van der Waals surface area contributed by atoms with Gasteiger partial charge in [0.25, 0.3) is 5.91 Å². The Labute approximate surface area is 193 Å². The lowest BCUT2D eigenvalue weighted by Crippen LogP contribution is -2.44. The van der Waals surface area contributed by atoms with E-state index in [1.165, 1.54) is 24.3 Å². The first-order valence-electron chi connectivity index (χ1n) is 10.7. The van der Waals surface area contributed by atoms with Crippen molar-refractivity contribution < 1.29 is 18.0 Å². The summed E-state index contributed by atoms with van der Waals surface area (Å²) in [7, 11) is 0. The molecular weight excluding hydrogens is 447 g/mol. The standard InChI is InChI=1S/C25H24F3N3OS/c1-3-17(25(26,27)28)9-7-15(2)21-6-4-5-12-31(21)24(32)16-8-10-20-19(14-16)18-11-13-33-22(18)23(29)30-20/h3,7-11,13-14,21H,2,4-6,12H2,1H3,(H2,29,30)/b9-7-,17-3+/t21-/m0/s1. The van der Waals surface area contributed by atoms with Crippen molar-refractivity contribution in [3.63, 3.8) is 0 Å². The molecule has 0 unspecified atom stereocenters.